The minimum Gasteiger partial charge on any atom is -0.385 e. The van der Waals surface area contributed by atoms with Crippen molar-refractivity contribution < 1.29 is 9.47 Å². The van der Waals surface area contributed by atoms with Gasteiger partial charge in [-0.25, -0.2) is 0 Å². The third-order valence-corrected chi connectivity index (χ3v) is 1.65. The van der Waals surface area contributed by atoms with Crippen LogP contribution in [0.3, 0.4) is 0 Å². The zero-order valence-electron chi connectivity index (χ0n) is 6.84. The Morgan fingerprint density at radius 3 is 3.00 bits per heavy atom. The van der Waals surface area contributed by atoms with Gasteiger partial charge in [0.1, 0.15) is 0 Å². The zero-order chi connectivity index (χ0) is 7.23. The molecule has 11 heavy (non-hydrogen) atoms. The summed E-state index contributed by atoms with van der Waals surface area (Å²) in [6.07, 6.45) is 1.37. The van der Waals surface area contributed by atoms with E-state index in [-0.39, 0.29) is 12.4 Å². The second kappa shape index (κ2) is 6.85. The molecular weight excluding hydrogens is 166 g/mol. The van der Waals surface area contributed by atoms with Crippen LogP contribution in [0.2, 0.25) is 0 Å². The van der Waals surface area contributed by atoms with Gasteiger partial charge < -0.3 is 14.8 Å². The highest BCUT2D eigenvalue weighted by atomic mass is 35.5. The summed E-state index contributed by atoms with van der Waals surface area (Å²) in [5.74, 6) is 0. The molecular formula is C7H16ClNO2. The zero-order valence-corrected chi connectivity index (χ0v) is 7.65. The number of hydrogen-bond acceptors (Lipinski definition) is 3. The van der Waals surface area contributed by atoms with Crippen molar-refractivity contribution in [3.05, 3.63) is 0 Å². The Hall–Kier alpha value is 0.170. The summed E-state index contributed by atoms with van der Waals surface area (Å²) in [5, 5.41) is 3.26. The minimum atomic E-state index is 0. The summed E-state index contributed by atoms with van der Waals surface area (Å²) in [6, 6.07) is 0. The van der Waals surface area contributed by atoms with E-state index in [9.17, 15) is 0 Å². The van der Waals surface area contributed by atoms with Crippen LogP contribution >= 0.6 is 12.4 Å². The summed E-state index contributed by atoms with van der Waals surface area (Å²) < 4.78 is 10.4. The Bertz CT molecular complexity index is 86.5. The van der Waals surface area contributed by atoms with Crippen molar-refractivity contribution in [1.82, 2.24) is 5.32 Å². The van der Waals surface area contributed by atoms with Crippen LogP contribution in [0.1, 0.15) is 6.42 Å². The molecule has 0 spiro atoms. The van der Waals surface area contributed by atoms with Crippen molar-refractivity contribution in [2.75, 3.05) is 33.4 Å². The van der Waals surface area contributed by atoms with E-state index < -0.39 is 0 Å². The standard InChI is InChI=1S/C7H15NO2.ClH/c1-9-4-2-7-6-8-3-5-10-7;/h7-8H,2-6H2,1H3;1H/t7-;/m1./s1. The molecule has 0 aromatic heterocycles. The van der Waals surface area contributed by atoms with E-state index >= 15 is 0 Å². The molecule has 0 saturated carbocycles. The van der Waals surface area contributed by atoms with E-state index in [1.165, 1.54) is 0 Å². The van der Waals surface area contributed by atoms with Crippen molar-refractivity contribution in [3.63, 3.8) is 0 Å². The molecule has 1 atom stereocenters. The van der Waals surface area contributed by atoms with Gasteiger partial charge in [-0.2, -0.15) is 0 Å². The Morgan fingerprint density at radius 2 is 2.45 bits per heavy atom. The van der Waals surface area contributed by atoms with Crippen molar-refractivity contribution in [3.8, 4) is 0 Å². The van der Waals surface area contributed by atoms with E-state index in [4.69, 9.17) is 9.47 Å². The maximum absolute atomic E-state index is 5.44. The van der Waals surface area contributed by atoms with Gasteiger partial charge in [0, 0.05) is 26.8 Å². The molecule has 1 aliphatic heterocycles. The quantitative estimate of drug-likeness (QED) is 0.685. The molecule has 0 unspecified atom stereocenters. The van der Waals surface area contributed by atoms with E-state index in [1.807, 2.05) is 0 Å². The molecule has 1 rings (SSSR count). The fourth-order valence-corrected chi connectivity index (χ4v) is 1.05. The third-order valence-electron chi connectivity index (χ3n) is 1.65. The number of halogens is 1. The van der Waals surface area contributed by atoms with Gasteiger partial charge >= 0.3 is 0 Å². The normalized spacial score (nSPS) is 24.3. The average molecular weight is 182 g/mol. The van der Waals surface area contributed by atoms with Crippen LogP contribution in [0, 0.1) is 0 Å². The summed E-state index contributed by atoms with van der Waals surface area (Å²) in [7, 11) is 1.72. The van der Waals surface area contributed by atoms with Crippen LogP contribution in [-0.4, -0.2) is 39.5 Å². The molecule has 0 aliphatic carbocycles. The first-order valence-electron chi connectivity index (χ1n) is 3.74. The van der Waals surface area contributed by atoms with Gasteiger partial charge in [-0.1, -0.05) is 0 Å². The highest BCUT2D eigenvalue weighted by Crippen LogP contribution is 2.00. The summed E-state index contributed by atoms with van der Waals surface area (Å²) in [5.41, 5.74) is 0. The number of nitrogens with one attached hydrogen (secondary N) is 1. The van der Waals surface area contributed by atoms with Gasteiger partial charge in [0.25, 0.3) is 0 Å². The number of ether oxygens (including phenoxy) is 2. The lowest BCUT2D eigenvalue weighted by molar-refractivity contribution is 0.00896. The van der Waals surface area contributed by atoms with Crippen LogP contribution in [0.5, 0.6) is 0 Å². The topological polar surface area (TPSA) is 30.5 Å². The van der Waals surface area contributed by atoms with Gasteiger partial charge in [-0.05, 0) is 6.42 Å². The Labute approximate surface area is 73.9 Å². The monoisotopic (exact) mass is 181 g/mol. The van der Waals surface area contributed by atoms with Crippen LogP contribution in [0.25, 0.3) is 0 Å². The Kier molecular flexibility index (Phi) is 6.96. The van der Waals surface area contributed by atoms with Crippen molar-refractivity contribution in [2.45, 2.75) is 12.5 Å². The van der Waals surface area contributed by atoms with Gasteiger partial charge in [0.2, 0.25) is 0 Å². The lowest BCUT2D eigenvalue weighted by Gasteiger charge is -2.22. The molecule has 3 nitrogen and oxygen atoms in total. The average Bonchev–Trinajstić information content (AvgIpc) is 2.03. The van der Waals surface area contributed by atoms with Gasteiger partial charge in [0.15, 0.2) is 0 Å². The number of rotatable bonds is 3. The van der Waals surface area contributed by atoms with Crippen molar-refractivity contribution in [1.29, 1.82) is 0 Å². The smallest absolute Gasteiger partial charge is 0.0722 e. The molecule has 0 amide bonds. The molecule has 0 radical (unpaired) electrons. The maximum atomic E-state index is 5.44. The minimum absolute atomic E-state index is 0. The van der Waals surface area contributed by atoms with Gasteiger partial charge in [-0.15, -0.1) is 12.4 Å². The summed E-state index contributed by atoms with van der Waals surface area (Å²) in [6.45, 7) is 3.60. The molecule has 1 aliphatic rings. The van der Waals surface area contributed by atoms with Crippen molar-refractivity contribution in [2.24, 2.45) is 0 Å². The summed E-state index contributed by atoms with van der Waals surface area (Å²) in [4.78, 5) is 0. The lowest BCUT2D eigenvalue weighted by atomic mass is 10.2. The first kappa shape index (κ1) is 11.2. The number of hydrogen-bond donors (Lipinski definition) is 1. The Morgan fingerprint density at radius 1 is 1.64 bits per heavy atom. The second-order valence-corrected chi connectivity index (χ2v) is 2.48. The highest BCUT2D eigenvalue weighted by molar-refractivity contribution is 5.85. The maximum Gasteiger partial charge on any atom is 0.0722 e. The van der Waals surface area contributed by atoms with Crippen LogP contribution in [0.15, 0.2) is 0 Å². The largest absolute Gasteiger partial charge is 0.385 e. The molecule has 1 saturated heterocycles. The molecule has 1 heterocycles. The molecule has 0 aromatic carbocycles. The molecule has 68 valence electrons. The van der Waals surface area contributed by atoms with Crippen LogP contribution in [-0.2, 0) is 9.47 Å². The van der Waals surface area contributed by atoms with E-state index in [1.54, 1.807) is 7.11 Å². The molecule has 0 bridgehead atoms. The van der Waals surface area contributed by atoms with Crippen molar-refractivity contribution >= 4 is 12.4 Å². The van der Waals surface area contributed by atoms with E-state index in [0.29, 0.717) is 6.10 Å². The summed E-state index contributed by atoms with van der Waals surface area (Å²) >= 11 is 0. The third kappa shape index (κ3) is 4.58. The van der Waals surface area contributed by atoms with E-state index in [0.717, 1.165) is 32.7 Å². The van der Waals surface area contributed by atoms with Gasteiger partial charge in [-0.3, -0.25) is 0 Å². The predicted octanol–water partition coefficient (Wildman–Crippen LogP) is 0.433. The Balaban J connectivity index is 0.000001000. The molecule has 1 fully saturated rings. The molecule has 1 N–H and O–H groups in total. The number of morpholine rings is 1. The first-order valence-corrected chi connectivity index (χ1v) is 3.74. The van der Waals surface area contributed by atoms with Crippen LogP contribution < -0.4 is 5.32 Å². The molecule has 0 aromatic rings. The number of methoxy groups -OCH3 is 1. The molecule has 4 heteroatoms. The second-order valence-electron chi connectivity index (χ2n) is 2.48. The predicted molar refractivity (Wildman–Crippen MR) is 46.4 cm³/mol. The van der Waals surface area contributed by atoms with Gasteiger partial charge in [0.05, 0.1) is 12.7 Å². The SMILES string of the molecule is COCC[C@@H]1CNCCO1.Cl. The first-order chi connectivity index (χ1) is 4.93. The fourth-order valence-electron chi connectivity index (χ4n) is 1.05. The van der Waals surface area contributed by atoms with Crippen LogP contribution in [0.4, 0.5) is 0 Å². The van der Waals surface area contributed by atoms with E-state index in [2.05, 4.69) is 5.32 Å². The highest BCUT2D eigenvalue weighted by Gasteiger charge is 2.11. The lowest BCUT2D eigenvalue weighted by Crippen LogP contribution is -2.38. The fraction of sp³-hybridized carbons (Fsp3) is 1.00.